The second-order valence-electron chi connectivity index (χ2n) is 5.73. The van der Waals surface area contributed by atoms with Gasteiger partial charge in [0, 0.05) is 46.8 Å². The third-order valence-corrected chi connectivity index (χ3v) is 5.76. The maximum atomic E-state index is 12.0. The molecule has 23 heavy (non-hydrogen) atoms. The van der Waals surface area contributed by atoms with E-state index in [0.29, 0.717) is 39.3 Å². The maximum Gasteiger partial charge on any atom is 0.281 e. The van der Waals surface area contributed by atoms with Crippen LogP contribution in [0.5, 0.6) is 0 Å². The Kier molecular flexibility index (Phi) is 6.11. The number of nitrogens with one attached hydrogen (secondary N) is 1. The number of nitrogens with zero attached hydrogens (tertiary/aromatic N) is 3. The Morgan fingerprint density at radius 1 is 1.13 bits per heavy atom. The first kappa shape index (κ1) is 17.9. The minimum Gasteiger partial charge on any atom is -0.351 e. The first-order valence-electron chi connectivity index (χ1n) is 7.60. The van der Waals surface area contributed by atoms with Gasteiger partial charge in [0.15, 0.2) is 0 Å². The number of hydrogen-bond acceptors (Lipinski definition) is 4. The van der Waals surface area contributed by atoms with Gasteiger partial charge in [-0.15, -0.1) is 0 Å². The van der Waals surface area contributed by atoms with E-state index in [2.05, 4.69) is 5.32 Å². The van der Waals surface area contributed by atoms with Gasteiger partial charge in [0.05, 0.1) is 6.54 Å². The molecule has 1 aromatic carbocycles. The maximum absolute atomic E-state index is 12.0. The van der Waals surface area contributed by atoms with Crippen LogP contribution in [0.4, 0.5) is 0 Å². The monoisotopic (exact) mass is 340 g/mol. The minimum absolute atomic E-state index is 0.0437. The van der Waals surface area contributed by atoms with Crippen LogP contribution in [-0.2, 0) is 21.5 Å². The molecule has 7 nitrogen and oxygen atoms in total. The van der Waals surface area contributed by atoms with E-state index in [1.807, 2.05) is 35.2 Å². The number of benzene rings is 1. The number of carbonyl (C=O) groups is 1. The lowest BCUT2D eigenvalue weighted by atomic mass is 10.2. The topological polar surface area (TPSA) is 73.0 Å². The van der Waals surface area contributed by atoms with E-state index in [0.717, 1.165) is 5.56 Å². The molecule has 1 aliphatic rings. The summed E-state index contributed by atoms with van der Waals surface area (Å²) in [6.45, 7) is 2.74. The Bertz CT molecular complexity index is 611. The zero-order valence-corrected chi connectivity index (χ0v) is 14.4. The molecular formula is C15H24N4O3S. The van der Waals surface area contributed by atoms with Crippen LogP contribution in [0, 0.1) is 0 Å². The van der Waals surface area contributed by atoms with Gasteiger partial charge in [-0.05, 0) is 5.56 Å². The summed E-state index contributed by atoms with van der Waals surface area (Å²) >= 11 is 0. The van der Waals surface area contributed by atoms with Crippen LogP contribution in [-0.4, -0.2) is 74.7 Å². The van der Waals surface area contributed by atoms with Crippen LogP contribution < -0.4 is 5.32 Å². The van der Waals surface area contributed by atoms with Gasteiger partial charge in [-0.2, -0.15) is 17.0 Å². The molecule has 0 radical (unpaired) electrons. The van der Waals surface area contributed by atoms with Crippen LogP contribution >= 0.6 is 0 Å². The zero-order valence-electron chi connectivity index (χ0n) is 13.6. The van der Waals surface area contributed by atoms with E-state index in [1.165, 1.54) is 22.7 Å². The fourth-order valence-corrected chi connectivity index (χ4v) is 3.49. The average molecular weight is 340 g/mol. The van der Waals surface area contributed by atoms with Gasteiger partial charge in [0.2, 0.25) is 5.91 Å². The van der Waals surface area contributed by atoms with E-state index in [1.54, 1.807) is 0 Å². The Morgan fingerprint density at radius 2 is 1.74 bits per heavy atom. The largest absolute Gasteiger partial charge is 0.351 e. The molecular weight excluding hydrogens is 316 g/mol. The van der Waals surface area contributed by atoms with E-state index in [9.17, 15) is 13.2 Å². The summed E-state index contributed by atoms with van der Waals surface area (Å²) in [6, 6.07) is 9.74. The summed E-state index contributed by atoms with van der Waals surface area (Å²) < 4.78 is 26.7. The van der Waals surface area contributed by atoms with Crippen molar-refractivity contribution in [3.63, 3.8) is 0 Å². The number of hydrogen-bond donors (Lipinski definition) is 1. The molecule has 1 aromatic rings. The second kappa shape index (κ2) is 7.87. The molecule has 0 atom stereocenters. The van der Waals surface area contributed by atoms with Crippen molar-refractivity contribution in [3.05, 3.63) is 35.9 Å². The summed E-state index contributed by atoms with van der Waals surface area (Å²) in [5.41, 5.74) is 1.06. The highest BCUT2D eigenvalue weighted by Gasteiger charge is 2.28. The highest BCUT2D eigenvalue weighted by molar-refractivity contribution is 7.86. The average Bonchev–Trinajstić information content (AvgIpc) is 2.54. The van der Waals surface area contributed by atoms with E-state index < -0.39 is 10.2 Å². The normalized spacial score (nSPS) is 17.3. The van der Waals surface area contributed by atoms with Gasteiger partial charge < -0.3 is 5.32 Å². The third-order valence-electron chi connectivity index (χ3n) is 3.82. The van der Waals surface area contributed by atoms with Crippen LogP contribution in [0.25, 0.3) is 0 Å². The molecule has 0 saturated carbocycles. The van der Waals surface area contributed by atoms with Gasteiger partial charge >= 0.3 is 0 Å². The first-order valence-corrected chi connectivity index (χ1v) is 9.00. The summed E-state index contributed by atoms with van der Waals surface area (Å²) in [5, 5.41) is 2.89. The van der Waals surface area contributed by atoms with Crippen LogP contribution in [0.15, 0.2) is 30.3 Å². The Labute approximate surface area is 138 Å². The van der Waals surface area contributed by atoms with Gasteiger partial charge in [-0.25, -0.2) is 0 Å². The van der Waals surface area contributed by atoms with Crippen molar-refractivity contribution >= 4 is 16.1 Å². The lowest BCUT2D eigenvalue weighted by molar-refractivity contribution is -0.122. The summed E-state index contributed by atoms with van der Waals surface area (Å²) in [5.74, 6) is -0.0437. The number of amides is 1. The number of piperazine rings is 1. The molecule has 0 aromatic heterocycles. The summed E-state index contributed by atoms with van der Waals surface area (Å²) in [4.78, 5) is 14.0. The van der Waals surface area contributed by atoms with Crippen LogP contribution in [0.1, 0.15) is 5.56 Å². The van der Waals surface area contributed by atoms with Crippen molar-refractivity contribution in [3.8, 4) is 0 Å². The molecule has 1 aliphatic heterocycles. The predicted molar refractivity (Wildman–Crippen MR) is 88.9 cm³/mol. The highest BCUT2D eigenvalue weighted by atomic mass is 32.2. The number of rotatable bonds is 6. The van der Waals surface area contributed by atoms with Gasteiger partial charge in [0.25, 0.3) is 10.2 Å². The molecule has 1 fully saturated rings. The zero-order chi connectivity index (χ0) is 16.9. The predicted octanol–water partition coefficient (Wildman–Crippen LogP) is -0.273. The molecule has 1 saturated heterocycles. The van der Waals surface area contributed by atoms with Crippen molar-refractivity contribution in [2.45, 2.75) is 6.54 Å². The molecule has 0 spiro atoms. The molecule has 2 rings (SSSR count). The van der Waals surface area contributed by atoms with Crippen molar-refractivity contribution in [1.29, 1.82) is 0 Å². The minimum atomic E-state index is -3.36. The Morgan fingerprint density at radius 3 is 2.30 bits per heavy atom. The third kappa shape index (κ3) is 5.00. The molecule has 8 heteroatoms. The Balaban J connectivity index is 1.75. The van der Waals surface area contributed by atoms with Crippen molar-refractivity contribution in [2.24, 2.45) is 0 Å². The number of carbonyl (C=O) groups excluding carboxylic acids is 1. The van der Waals surface area contributed by atoms with E-state index in [4.69, 9.17) is 0 Å². The van der Waals surface area contributed by atoms with Crippen molar-refractivity contribution in [1.82, 2.24) is 18.8 Å². The molecule has 1 N–H and O–H groups in total. The SMILES string of the molecule is CN(C)S(=O)(=O)N1CCN(CC(=O)NCc2ccccc2)CC1. The van der Waals surface area contributed by atoms with Crippen LogP contribution in [0.3, 0.4) is 0 Å². The fraction of sp³-hybridized carbons (Fsp3) is 0.533. The second-order valence-corrected chi connectivity index (χ2v) is 7.87. The molecule has 128 valence electrons. The fourth-order valence-electron chi connectivity index (χ4n) is 2.40. The lowest BCUT2D eigenvalue weighted by Crippen LogP contribution is -2.53. The summed E-state index contributed by atoms with van der Waals surface area (Å²) in [6.07, 6.45) is 0. The van der Waals surface area contributed by atoms with E-state index >= 15 is 0 Å². The first-order chi connectivity index (χ1) is 10.9. The molecule has 1 amide bonds. The van der Waals surface area contributed by atoms with Gasteiger partial charge in [-0.1, -0.05) is 30.3 Å². The van der Waals surface area contributed by atoms with Crippen molar-refractivity contribution < 1.29 is 13.2 Å². The molecule has 0 aliphatic carbocycles. The Hall–Kier alpha value is -1.48. The quantitative estimate of drug-likeness (QED) is 0.774. The van der Waals surface area contributed by atoms with Gasteiger partial charge in [-0.3, -0.25) is 9.69 Å². The lowest BCUT2D eigenvalue weighted by Gasteiger charge is -2.34. The molecule has 0 unspecified atom stereocenters. The van der Waals surface area contributed by atoms with Crippen LogP contribution in [0.2, 0.25) is 0 Å². The highest BCUT2D eigenvalue weighted by Crippen LogP contribution is 2.09. The van der Waals surface area contributed by atoms with E-state index in [-0.39, 0.29) is 5.91 Å². The summed E-state index contributed by atoms with van der Waals surface area (Å²) in [7, 11) is -0.306. The molecule has 1 heterocycles. The standard InChI is InChI=1S/C15H24N4O3S/c1-17(2)23(21,22)19-10-8-18(9-11-19)13-15(20)16-12-14-6-4-3-5-7-14/h3-7H,8-13H2,1-2H3,(H,16,20). The molecule has 0 bridgehead atoms. The van der Waals surface area contributed by atoms with Gasteiger partial charge in [0.1, 0.15) is 0 Å². The van der Waals surface area contributed by atoms with Crippen molar-refractivity contribution in [2.75, 3.05) is 46.8 Å². The smallest absolute Gasteiger partial charge is 0.281 e.